The molecule has 5 heteroatoms. The van der Waals surface area contributed by atoms with Crippen molar-refractivity contribution in [2.24, 2.45) is 0 Å². The number of aromatic nitrogens is 1. The first kappa shape index (κ1) is 12.0. The van der Waals surface area contributed by atoms with Gasteiger partial charge < -0.3 is 14.6 Å². The van der Waals surface area contributed by atoms with E-state index in [1.807, 2.05) is 32.9 Å². The molecule has 0 amide bonds. The van der Waals surface area contributed by atoms with E-state index in [1.165, 1.54) is 0 Å². The maximum Gasteiger partial charge on any atom is 0.564 e. The zero-order valence-corrected chi connectivity index (χ0v) is 10.5. The molecule has 1 aliphatic heterocycles. The minimum absolute atomic E-state index is 0.402. The van der Waals surface area contributed by atoms with Gasteiger partial charge in [-0.2, -0.15) is 0 Å². The van der Waals surface area contributed by atoms with E-state index in [-0.39, 0.29) is 0 Å². The Morgan fingerprint density at radius 1 is 1.47 bits per heavy atom. The van der Waals surface area contributed by atoms with Crippen molar-refractivity contribution in [1.29, 1.82) is 0 Å². The van der Waals surface area contributed by atoms with Gasteiger partial charge in [-0.05, 0) is 26.8 Å². The van der Waals surface area contributed by atoms with E-state index < -0.39 is 12.7 Å². The summed E-state index contributed by atoms with van der Waals surface area (Å²) < 4.78 is 11.4. The molecule has 0 bridgehead atoms. The Kier molecular flexibility index (Phi) is 3.11. The predicted molar refractivity (Wildman–Crippen MR) is 69.2 cm³/mol. The molecule has 1 aliphatic rings. The van der Waals surface area contributed by atoms with Gasteiger partial charge in [0.1, 0.15) is 11.4 Å². The lowest BCUT2D eigenvalue weighted by Gasteiger charge is -2.15. The number of nitrogens with zero attached hydrogens (tertiary/aromatic N) is 1. The fraction of sp³-hybridized carbons (Fsp3) is 0.417. The van der Waals surface area contributed by atoms with E-state index in [4.69, 9.17) is 9.31 Å². The molecule has 0 unspecified atom stereocenters. The Morgan fingerprint density at radius 2 is 2.24 bits per heavy atom. The normalized spacial score (nSPS) is 18.1. The van der Waals surface area contributed by atoms with Gasteiger partial charge in [0.05, 0.1) is 5.76 Å². The summed E-state index contributed by atoms with van der Waals surface area (Å²) in [6.45, 7) is 10.6. The van der Waals surface area contributed by atoms with Crippen molar-refractivity contribution < 1.29 is 9.31 Å². The summed E-state index contributed by atoms with van der Waals surface area (Å²) in [6.07, 6.45) is 1.76. The third-order valence-electron chi connectivity index (χ3n) is 2.74. The molecule has 0 atom stereocenters. The molecule has 17 heavy (non-hydrogen) atoms. The van der Waals surface area contributed by atoms with E-state index in [9.17, 15) is 0 Å². The third-order valence-corrected chi connectivity index (χ3v) is 2.74. The smallest absolute Gasteiger partial charge is 0.534 e. The highest BCUT2D eigenvalue weighted by atomic mass is 16.7. The van der Waals surface area contributed by atoms with Gasteiger partial charge in [0.25, 0.3) is 0 Å². The van der Waals surface area contributed by atoms with Crippen LogP contribution in [0.25, 0.3) is 0 Å². The molecule has 0 spiro atoms. The zero-order chi connectivity index (χ0) is 12.5. The van der Waals surface area contributed by atoms with Crippen LogP contribution in [0.2, 0.25) is 0 Å². The van der Waals surface area contributed by atoms with Gasteiger partial charge >= 0.3 is 7.12 Å². The van der Waals surface area contributed by atoms with Gasteiger partial charge in [-0.25, -0.2) is 4.98 Å². The van der Waals surface area contributed by atoms with Gasteiger partial charge in [-0.15, -0.1) is 0 Å². The van der Waals surface area contributed by atoms with Gasteiger partial charge in [-0.1, -0.05) is 12.6 Å². The van der Waals surface area contributed by atoms with E-state index in [0.717, 1.165) is 17.8 Å². The average molecular weight is 232 g/mol. The average Bonchev–Trinajstić information content (AvgIpc) is 2.55. The second kappa shape index (κ2) is 4.41. The van der Waals surface area contributed by atoms with Crippen molar-refractivity contribution in [2.45, 2.75) is 26.4 Å². The Bertz CT molecular complexity index is 417. The monoisotopic (exact) mass is 232 g/mol. The first-order chi connectivity index (χ1) is 8.03. The van der Waals surface area contributed by atoms with Crippen LogP contribution >= 0.6 is 0 Å². The fourth-order valence-electron chi connectivity index (χ4n) is 1.59. The molecule has 0 aliphatic carbocycles. The molecule has 1 N–H and O–H groups in total. The molecule has 0 aromatic carbocycles. The Labute approximate surface area is 102 Å². The fourth-order valence-corrected chi connectivity index (χ4v) is 1.59. The molecule has 1 aromatic heterocycles. The van der Waals surface area contributed by atoms with Crippen LogP contribution in [0.4, 0.5) is 5.82 Å². The van der Waals surface area contributed by atoms with E-state index in [0.29, 0.717) is 5.76 Å². The number of rotatable bonds is 3. The summed E-state index contributed by atoms with van der Waals surface area (Å²) in [6, 6.07) is 3.87. The van der Waals surface area contributed by atoms with Crippen LogP contribution in [0, 0.1) is 0 Å². The van der Waals surface area contributed by atoms with Crippen LogP contribution in [0.3, 0.4) is 0 Å². The lowest BCUT2D eigenvalue weighted by molar-refractivity contribution is 0.173. The summed E-state index contributed by atoms with van der Waals surface area (Å²) in [4.78, 5) is 4.29. The van der Waals surface area contributed by atoms with E-state index >= 15 is 0 Å². The minimum Gasteiger partial charge on any atom is -0.534 e. The molecule has 1 fully saturated rings. The number of pyridine rings is 1. The van der Waals surface area contributed by atoms with Crippen LogP contribution in [0.5, 0.6) is 0 Å². The summed E-state index contributed by atoms with van der Waals surface area (Å²) in [7, 11) is -0.402. The zero-order valence-electron chi connectivity index (χ0n) is 10.5. The molecule has 2 heterocycles. The van der Waals surface area contributed by atoms with Gasteiger partial charge in [0.15, 0.2) is 0 Å². The van der Waals surface area contributed by atoms with Crippen molar-refractivity contribution in [2.75, 3.05) is 11.9 Å². The summed E-state index contributed by atoms with van der Waals surface area (Å²) in [5.41, 5.74) is 0.462. The number of hydrogen-bond acceptors (Lipinski definition) is 4. The van der Waals surface area contributed by atoms with Crippen molar-refractivity contribution in [3.8, 4) is 0 Å². The summed E-state index contributed by atoms with van der Waals surface area (Å²) in [5, 5.41) is 3.14. The van der Waals surface area contributed by atoms with Crippen LogP contribution in [-0.2, 0) is 9.31 Å². The van der Waals surface area contributed by atoms with Crippen molar-refractivity contribution in [3.63, 3.8) is 0 Å². The highest BCUT2D eigenvalue weighted by Crippen LogP contribution is 2.28. The third kappa shape index (κ3) is 2.44. The van der Waals surface area contributed by atoms with Gasteiger partial charge in [0, 0.05) is 18.2 Å². The summed E-state index contributed by atoms with van der Waals surface area (Å²) in [5.74, 6) is 1.51. The van der Waals surface area contributed by atoms with Crippen LogP contribution in [-0.4, -0.2) is 24.2 Å². The van der Waals surface area contributed by atoms with Crippen molar-refractivity contribution in [3.05, 3.63) is 30.7 Å². The molecule has 0 saturated carbocycles. The molecular weight excluding hydrogens is 215 g/mol. The van der Waals surface area contributed by atoms with Crippen molar-refractivity contribution >= 4 is 18.4 Å². The lowest BCUT2D eigenvalue weighted by Crippen LogP contribution is -2.34. The molecule has 0 radical (unpaired) electrons. The first-order valence-corrected chi connectivity index (χ1v) is 5.76. The maximum atomic E-state index is 5.76. The van der Waals surface area contributed by atoms with Crippen LogP contribution < -0.4 is 10.8 Å². The molecule has 1 saturated heterocycles. The molecule has 90 valence electrons. The second-order valence-electron chi connectivity index (χ2n) is 4.51. The van der Waals surface area contributed by atoms with Crippen molar-refractivity contribution in [1.82, 2.24) is 4.98 Å². The molecule has 4 nitrogen and oxygen atoms in total. The quantitative estimate of drug-likeness (QED) is 0.803. The SMILES string of the molecule is C=C1OB(c2ccc(NCC)nc2)OC1(C)C. The Hall–Kier alpha value is -1.49. The largest absolute Gasteiger partial charge is 0.564 e. The minimum atomic E-state index is -0.439. The van der Waals surface area contributed by atoms with Crippen LogP contribution in [0.1, 0.15) is 20.8 Å². The van der Waals surface area contributed by atoms with Gasteiger partial charge in [0.2, 0.25) is 0 Å². The number of anilines is 1. The van der Waals surface area contributed by atoms with E-state index in [2.05, 4.69) is 16.9 Å². The highest BCUT2D eigenvalue weighted by molar-refractivity contribution is 6.62. The molecule has 2 rings (SSSR count). The summed E-state index contributed by atoms with van der Waals surface area (Å²) >= 11 is 0. The number of nitrogens with one attached hydrogen (secondary N) is 1. The Morgan fingerprint density at radius 3 is 2.71 bits per heavy atom. The molecular formula is C12H17BN2O2. The maximum absolute atomic E-state index is 5.76. The predicted octanol–water partition coefficient (Wildman–Crippen LogP) is 1.55. The Balaban J connectivity index is 2.11. The van der Waals surface area contributed by atoms with E-state index in [1.54, 1.807) is 6.20 Å². The van der Waals surface area contributed by atoms with Crippen LogP contribution in [0.15, 0.2) is 30.7 Å². The van der Waals surface area contributed by atoms with Gasteiger partial charge in [-0.3, -0.25) is 0 Å². The topological polar surface area (TPSA) is 43.4 Å². The lowest BCUT2D eigenvalue weighted by atomic mass is 9.80. The standard InChI is InChI=1S/C12H17BN2O2/c1-5-14-11-7-6-10(8-15-11)13-16-9(2)12(3,4)17-13/h6-8H,2,5H2,1,3-4H3,(H,14,15). The molecule has 1 aromatic rings. The second-order valence-corrected chi connectivity index (χ2v) is 4.51. The first-order valence-electron chi connectivity index (χ1n) is 5.76. The number of hydrogen-bond donors (Lipinski definition) is 1. The highest BCUT2D eigenvalue weighted by Gasteiger charge is 2.42.